The number of rotatable bonds is 3. The number of piperazine rings is 1. The van der Waals surface area contributed by atoms with Gasteiger partial charge in [-0.3, -0.25) is 9.59 Å². The van der Waals surface area contributed by atoms with Gasteiger partial charge in [-0.2, -0.15) is 0 Å². The van der Waals surface area contributed by atoms with Crippen LogP contribution in [0, 0.1) is 11.8 Å². The molecule has 3 aliphatic rings. The number of halogens is 1. The summed E-state index contributed by atoms with van der Waals surface area (Å²) in [5.41, 5.74) is 1.12. The van der Waals surface area contributed by atoms with Crippen molar-refractivity contribution in [1.82, 2.24) is 9.80 Å². The van der Waals surface area contributed by atoms with E-state index < -0.39 is 0 Å². The summed E-state index contributed by atoms with van der Waals surface area (Å²) in [6, 6.07) is 7.89. The number of nitrogens with zero attached hydrogens (tertiary/aromatic N) is 3. The van der Waals surface area contributed by atoms with Gasteiger partial charge in [0.1, 0.15) is 0 Å². The van der Waals surface area contributed by atoms with Crippen molar-refractivity contribution >= 4 is 29.1 Å². The summed E-state index contributed by atoms with van der Waals surface area (Å²) in [6.07, 6.45) is 3.72. The Hall–Kier alpha value is -1.75. The normalized spacial score (nSPS) is 21.8. The van der Waals surface area contributed by atoms with Crippen molar-refractivity contribution in [2.24, 2.45) is 11.8 Å². The SMILES string of the molecule is O=C(C1CC1)N1CCC(C(=O)N2CCN(c3cccc(Cl)c3)CC2)CC1. The van der Waals surface area contributed by atoms with Gasteiger partial charge in [-0.15, -0.1) is 0 Å². The maximum atomic E-state index is 12.9. The van der Waals surface area contributed by atoms with E-state index >= 15 is 0 Å². The van der Waals surface area contributed by atoms with E-state index in [0.29, 0.717) is 5.91 Å². The molecule has 2 aliphatic heterocycles. The van der Waals surface area contributed by atoms with Gasteiger partial charge in [-0.1, -0.05) is 17.7 Å². The van der Waals surface area contributed by atoms with Gasteiger partial charge in [-0.25, -0.2) is 0 Å². The average Bonchev–Trinajstić information content (AvgIpc) is 3.52. The third kappa shape index (κ3) is 3.83. The number of hydrogen-bond acceptors (Lipinski definition) is 3. The van der Waals surface area contributed by atoms with Crippen molar-refractivity contribution in [3.05, 3.63) is 29.3 Å². The van der Waals surface area contributed by atoms with Gasteiger partial charge in [0, 0.05) is 61.8 Å². The fraction of sp³-hybridized carbons (Fsp3) is 0.600. The van der Waals surface area contributed by atoms with Crippen molar-refractivity contribution in [3.8, 4) is 0 Å². The molecule has 0 radical (unpaired) electrons. The quantitative estimate of drug-likeness (QED) is 0.815. The van der Waals surface area contributed by atoms with Crippen LogP contribution >= 0.6 is 11.6 Å². The predicted octanol–water partition coefficient (Wildman–Crippen LogP) is 2.64. The number of piperidine rings is 1. The molecule has 3 fully saturated rings. The van der Waals surface area contributed by atoms with Gasteiger partial charge >= 0.3 is 0 Å². The van der Waals surface area contributed by atoms with Crippen molar-refractivity contribution in [2.45, 2.75) is 25.7 Å². The highest BCUT2D eigenvalue weighted by Gasteiger charge is 2.37. The molecule has 6 heteroatoms. The number of carbonyl (C=O) groups is 2. The minimum absolute atomic E-state index is 0.0796. The van der Waals surface area contributed by atoms with E-state index in [1.807, 2.05) is 28.0 Å². The topological polar surface area (TPSA) is 43.9 Å². The van der Waals surface area contributed by atoms with E-state index in [-0.39, 0.29) is 17.7 Å². The van der Waals surface area contributed by atoms with Crippen LogP contribution in [0.25, 0.3) is 0 Å². The summed E-state index contributed by atoms with van der Waals surface area (Å²) < 4.78 is 0. The van der Waals surface area contributed by atoms with Crippen LogP contribution in [0.15, 0.2) is 24.3 Å². The van der Waals surface area contributed by atoms with Crippen molar-refractivity contribution in [1.29, 1.82) is 0 Å². The largest absolute Gasteiger partial charge is 0.368 e. The zero-order valence-corrected chi connectivity index (χ0v) is 15.8. The summed E-state index contributed by atoms with van der Waals surface area (Å²) in [4.78, 5) is 31.3. The van der Waals surface area contributed by atoms with Gasteiger partial charge in [0.05, 0.1) is 0 Å². The maximum Gasteiger partial charge on any atom is 0.225 e. The second kappa shape index (κ2) is 7.47. The van der Waals surface area contributed by atoms with E-state index in [0.717, 1.165) is 75.7 Å². The minimum Gasteiger partial charge on any atom is -0.368 e. The first-order valence-corrected chi connectivity index (χ1v) is 10.1. The van der Waals surface area contributed by atoms with Crippen LogP contribution < -0.4 is 4.90 Å². The molecular weight excluding hydrogens is 350 g/mol. The van der Waals surface area contributed by atoms with Crippen molar-refractivity contribution in [3.63, 3.8) is 0 Å². The Morgan fingerprint density at radius 1 is 0.808 bits per heavy atom. The number of anilines is 1. The molecule has 0 unspecified atom stereocenters. The van der Waals surface area contributed by atoms with Crippen LogP contribution in [0.2, 0.25) is 5.02 Å². The van der Waals surface area contributed by atoms with Crippen LogP contribution in [0.1, 0.15) is 25.7 Å². The first-order valence-electron chi connectivity index (χ1n) is 9.70. The highest BCUT2D eigenvalue weighted by Crippen LogP contribution is 2.32. The number of benzene rings is 1. The Morgan fingerprint density at radius 3 is 1.96 bits per heavy atom. The van der Waals surface area contributed by atoms with Gasteiger partial charge < -0.3 is 14.7 Å². The summed E-state index contributed by atoms with van der Waals surface area (Å²) >= 11 is 6.08. The van der Waals surface area contributed by atoms with Crippen LogP contribution in [0.3, 0.4) is 0 Å². The fourth-order valence-electron chi connectivity index (χ4n) is 4.05. The molecular formula is C20H26ClN3O2. The number of likely N-dealkylation sites (tertiary alicyclic amines) is 1. The minimum atomic E-state index is 0.0796. The van der Waals surface area contributed by atoms with Crippen molar-refractivity contribution < 1.29 is 9.59 Å². The molecule has 140 valence electrons. The van der Waals surface area contributed by atoms with Gasteiger partial charge in [-0.05, 0) is 43.9 Å². The molecule has 1 aliphatic carbocycles. The molecule has 1 saturated carbocycles. The number of carbonyl (C=O) groups excluding carboxylic acids is 2. The smallest absolute Gasteiger partial charge is 0.225 e. The molecule has 1 aromatic carbocycles. The Kier molecular flexibility index (Phi) is 5.07. The molecule has 26 heavy (non-hydrogen) atoms. The lowest BCUT2D eigenvalue weighted by Crippen LogP contribution is -2.52. The fourth-order valence-corrected chi connectivity index (χ4v) is 4.24. The molecule has 5 nitrogen and oxygen atoms in total. The zero-order chi connectivity index (χ0) is 18.1. The van der Waals surface area contributed by atoms with Crippen molar-refractivity contribution in [2.75, 3.05) is 44.2 Å². The third-order valence-electron chi connectivity index (χ3n) is 5.85. The van der Waals surface area contributed by atoms with E-state index in [2.05, 4.69) is 11.0 Å². The molecule has 1 aromatic rings. The molecule has 2 amide bonds. The molecule has 0 aromatic heterocycles. The Bertz CT molecular complexity index is 675. The molecule has 0 N–H and O–H groups in total. The Morgan fingerprint density at radius 2 is 1.38 bits per heavy atom. The van der Waals surface area contributed by atoms with E-state index in [1.165, 1.54) is 0 Å². The summed E-state index contributed by atoms with van der Waals surface area (Å²) in [5.74, 6) is 0.943. The monoisotopic (exact) mass is 375 g/mol. The van der Waals surface area contributed by atoms with E-state index in [9.17, 15) is 9.59 Å². The molecule has 0 spiro atoms. The van der Waals surface area contributed by atoms with Crippen LogP contribution in [0.4, 0.5) is 5.69 Å². The summed E-state index contributed by atoms with van der Waals surface area (Å²) in [6.45, 7) is 4.68. The lowest BCUT2D eigenvalue weighted by atomic mass is 9.94. The number of amides is 2. The zero-order valence-electron chi connectivity index (χ0n) is 15.1. The Balaban J connectivity index is 1.27. The summed E-state index contributed by atoms with van der Waals surface area (Å²) in [7, 11) is 0. The molecule has 2 heterocycles. The lowest BCUT2D eigenvalue weighted by Gasteiger charge is -2.39. The van der Waals surface area contributed by atoms with Gasteiger partial charge in [0.2, 0.25) is 11.8 Å². The summed E-state index contributed by atoms with van der Waals surface area (Å²) in [5, 5.41) is 0.744. The van der Waals surface area contributed by atoms with Crippen LogP contribution in [0.5, 0.6) is 0 Å². The predicted molar refractivity (Wildman–Crippen MR) is 102 cm³/mol. The Labute approximate surface area is 159 Å². The van der Waals surface area contributed by atoms with E-state index in [4.69, 9.17) is 11.6 Å². The molecule has 0 bridgehead atoms. The van der Waals surface area contributed by atoms with Crippen LogP contribution in [-0.4, -0.2) is 60.9 Å². The van der Waals surface area contributed by atoms with E-state index in [1.54, 1.807) is 0 Å². The first-order chi connectivity index (χ1) is 12.6. The third-order valence-corrected chi connectivity index (χ3v) is 6.08. The molecule has 4 rings (SSSR count). The second-order valence-corrected chi connectivity index (χ2v) is 8.10. The standard InChI is InChI=1S/C20H26ClN3O2/c21-17-2-1-3-18(14-17)22-10-12-24(13-11-22)20(26)16-6-8-23(9-7-16)19(25)15-4-5-15/h1-3,14-16H,4-13H2. The highest BCUT2D eigenvalue weighted by molar-refractivity contribution is 6.30. The molecule has 2 saturated heterocycles. The second-order valence-electron chi connectivity index (χ2n) is 7.67. The maximum absolute atomic E-state index is 12.9. The first kappa shape index (κ1) is 17.7. The van der Waals surface area contributed by atoms with Crippen LogP contribution in [-0.2, 0) is 9.59 Å². The molecule has 0 atom stereocenters. The number of hydrogen-bond donors (Lipinski definition) is 0. The van der Waals surface area contributed by atoms with Gasteiger partial charge in [0.15, 0.2) is 0 Å². The lowest BCUT2D eigenvalue weighted by molar-refractivity contribution is -0.141. The van der Waals surface area contributed by atoms with Gasteiger partial charge in [0.25, 0.3) is 0 Å². The highest BCUT2D eigenvalue weighted by atomic mass is 35.5. The average molecular weight is 376 g/mol.